The summed E-state index contributed by atoms with van der Waals surface area (Å²) in [4.78, 5) is 0. The van der Waals surface area contributed by atoms with Gasteiger partial charge in [-0.15, -0.1) is 149 Å². The molecule has 0 saturated carbocycles. The van der Waals surface area contributed by atoms with E-state index >= 15 is 0 Å². The van der Waals surface area contributed by atoms with E-state index < -0.39 is 0 Å². The molecule has 0 radical (unpaired) electrons. The van der Waals surface area contributed by atoms with E-state index in [-0.39, 0.29) is 57.3 Å². The van der Waals surface area contributed by atoms with Crippen molar-refractivity contribution in [2.45, 2.75) is 132 Å². The molecule has 0 amide bonds. The van der Waals surface area contributed by atoms with Crippen LogP contribution < -0.4 is 35.2 Å². The maximum absolute atomic E-state index is 2.35. The van der Waals surface area contributed by atoms with Crippen molar-refractivity contribution in [2.24, 2.45) is 0 Å². The molecule has 0 nitrogen and oxygen atoms in total. The molecular formula is C96H96Cl2Si2Zr2-2. The Morgan fingerprint density at radius 3 is 0.784 bits per heavy atom. The van der Waals surface area contributed by atoms with Crippen LogP contribution in [0.1, 0.15) is 116 Å². The maximum atomic E-state index is 2.35. The van der Waals surface area contributed by atoms with Gasteiger partial charge in [-0.25, -0.2) is 0 Å². The number of fused-ring (bicyclic) bond motifs is 10. The predicted octanol–water partition coefficient (Wildman–Crippen LogP) is 20.1. The third-order valence-corrected chi connectivity index (χ3v) is 26.1. The van der Waals surface area contributed by atoms with Crippen LogP contribution in [0.5, 0.6) is 0 Å². The normalized spacial score (nSPS) is 11.5. The summed E-state index contributed by atoms with van der Waals surface area (Å²) in [6.07, 6.45) is 0. The summed E-state index contributed by atoms with van der Waals surface area (Å²) >= 11 is 3.38. The Balaban J connectivity index is 0.000000145. The van der Waals surface area contributed by atoms with E-state index in [1.807, 2.05) is 0 Å². The number of hydrogen-bond donors (Lipinski definition) is 0. The minimum Gasteiger partial charge on any atom is -1.00 e. The minimum atomic E-state index is -0.122. The van der Waals surface area contributed by atoms with Crippen LogP contribution in [0.2, 0.25) is 13.1 Å². The van der Waals surface area contributed by atoms with Crippen LogP contribution in [-0.2, 0) is 68.3 Å². The Morgan fingerprint density at radius 2 is 0.520 bits per heavy atom. The topological polar surface area (TPSA) is 0 Å². The molecule has 0 fully saturated rings. The van der Waals surface area contributed by atoms with Crippen LogP contribution in [0.25, 0.3) is 108 Å². The zero-order valence-electron chi connectivity index (χ0n) is 62.5. The van der Waals surface area contributed by atoms with Gasteiger partial charge in [0.2, 0.25) is 0 Å². The summed E-state index contributed by atoms with van der Waals surface area (Å²) in [6, 6.07) is 106. The number of hydrogen-bond acceptors (Lipinski definition) is 0. The summed E-state index contributed by atoms with van der Waals surface area (Å²) in [5.74, 6) is 0. The van der Waals surface area contributed by atoms with Crippen molar-refractivity contribution in [1.82, 2.24) is 0 Å². The number of aryl methyl sites for hydroxylation is 2. The minimum absolute atomic E-state index is 0. The molecule has 0 aliphatic heterocycles. The van der Waals surface area contributed by atoms with Crippen molar-refractivity contribution in [3.63, 3.8) is 0 Å². The van der Waals surface area contributed by atoms with Gasteiger partial charge < -0.3 is 24.8 Å². The van der Waals surface area contributed by atoms with Gasteiger partial charge in [-0.2, -0.15) is 0 Å². The number of benzene rings is 12. The van der Waals surface area contributed by atoms with Gasteiger partial charge in [-0.05, 0) is 68.2 Å². The molecule has 0 unspecified atom stereocenters. The molecule has 16 aromatic rings. The van der Waals surface area contributed by atoms with E-state index in [1.165, 1.54) is 142 Å². The van der Waals surface area contributed by atoms with E-state index in [2.05, 4.69) is 401 Å². The molecule has 512 valence electrons. The summed E-state index contributed by atoms with van der Waals surface area (Å²) in [7, 11) is 0. The molecule has 0 aromatic heterocycles. The molecular weight excluding hydrogens is 1460 g/mol. The third-order valence-electron chi connectivity index (χ3n) is 19.4. The second-order valence-electron chi connectivity index (χ2n) is 31.2. The summed E-state index contributed by atoms with van der Waals surface area (Å²) in [5, 5.41) is 24.7. The van der Waals surface area contributed by atoms with Crippen LogP contribution in [0.4, 0.5) is 0 Å². The largest absolute Gasteiger partial charge is 1.00 e. The van der Waals surface area contributed by atoms with Crippen LogP contribution in [-0.4, -0.2) is 10.9 Å². The van der Waals surface area contributed by atoms with Crippen LogP contribution in [0, 0.1) is 13.8 Å². The van der Waals surface area contributed by atoms with Crippen molar-refractivity contribution in [3.05, 3.63) is 325 Å². The Bertz CT molecular complexity index is 5000. The van der Waals surface area contributed by atoms with Crippen molar-refractivity contribution in [1.29, 1.82) is 0 Å². The Kier molecular flexibility index (Phi) is 26.2. The van der Waals surface area contributed by atoms with Crippen molar-refractivity contribution < 1.29 is 71.5 Å². The summed E-state index contributed by atoms with van der Waals surface area (Å²) < 4.78 is 0. The molecule has 16 aromatic carbocycles. The van der Waals surface area contributed by atoms with Crippen LogP contribution in [0.15, 0.2) is 291 Å². The monoisotopic (exact) mass is 1550 g/mol. The Morgan fingerprint density at radius 1 is 0.255 bits per heavy atom. The predicted molar refractivity (Wildman–Crippen MR) is 439 cm³/mol. The zero-order chi connectivity index (χ0) is 71.3. The summed E-state index contributed by atoms with van der Waals surface area (Å²) in [5.41, 5.74) is 14.1. The molecule has 0 heterocycles. The van der Waals surface area contributed by atoms with Gasteiger partial charge >= 0.3 is 142 Å². The number of rotatable bonds is 4. The molecule has 0 aliphatic carbocycles. The van der Waals surface area contributed by atoms with E-state index in [0.29, 0.717) is 0 Å². The van der Waals surface area contributed by atoms with Crippen molar-refractivity contribution >= 4 is 107 Å². The van der Waals surface area contributed by atoms with Crippen LogP contribution in [0.3, 0.4) is 0 Å². The SMILES string of the molecule is CC(C)(C)c1ccc2c(c1)[cH-]c1cc(C(C)(C)C)ccc12.CC(C)(C)c1ccc2c(c1)[cH-]c1cc(C(C)(C)C)ccc12.C[Si](=[Zr+2])c1ccccc1.C[Si](=[Zr+2])c1ccccc1.Cc1ccc(-c2cc3ccccc3[cH-]2)c2ccccc12.Cc1ccc(-c2cc3ccccc3[cH-]2)c2ccccc12.[Cl-].[Cl-]. The fraction of sp³-hybridized carbons (Fsp3) is 0.208. The first-order chi connectivity index (χ1) is 47.6. The molecule has 0 N–H and O–H groups in total. The van der Waals surface area contributed by atoms with Gasteiger partial charge in [0, 0.05) is 0 Å². The van der Waals surface area contributed by atoms with Crippen molar-refractivity contribution in [2.75, 3.05) is 0 Å². The first-order valence-electron chi connectivity index (χ1n) is 35.4. The quantitative estimate of drug-likeness (QED) is 0.122. The second kappa shape index (κ2) is 33.8. The van der Waals surface area contributed by atoms with Gasteiger partial charge in [0.15, 0.2) is 0 Å². The summed E-state index contributed by atoms with van der Waals surface area (Å²) in [6.45, 7) is 36.3. The van der Waals surface area contributed by atoms with E-state index in [0.717, 1.165) is 0 Å². The first-order valence-corrected chi connectivity index (χ1v) is 46.7. The van der Waals surface area contributed by atoms with E-state index in [1.54, 1.807) is 57.0 Å². The van der Waals surface area contributed by atoms with E-state index in [4.69, 9.17) is 0 Å². The fourth-order valence-electron chi connectivity index (χ4n) is 13.3. The Hall–Kier alpha value is -7.10. The molecule has 0 bridgehead atoms. The molecule has 16 rings (SSSR count). The average Bonchev–Trinajstić information content (AvgIpc) is 1.56. The van der Waals surface area contributed by atoms with Crippen LogP contribution >= 0.6 is 0 Å². The van der Waals surface area contributed by atoms with Gasteiger partial charge in [0.1, 0.15) is 0 Å². The molecule has 102 heavy (non-hydrogen) atoms. The Labute approximate surface area is 651 Å². The molecule has 0 aliphatic rings. The van der Waals surface area contributed by atoms with Gasteiger partial charge in [-0.1, -0.05) is 274 Å². The third kappa shape index (κ3) is 19.1. The molecule has 0 saturated heterocycles. The van der Waals surface area contributed by atoms with Gasteiger partial charge in [-0.3, -0.25) is 0 Å². The maximum Gasteiger partial charge on any atom is -0.0224 e. The molecule has 0 atom stereocenters. The van der Waals surface area contributed by atoms with Gasteiger partial charge in [0.25, 0.3) is 0 Å². The number of halogens is 2. The van der Waals surface area contributed by atoms with Gasteiger partial charge in [0.05, 0.1) is 0 Å². The fourth-order valence-corrected chi connectivity index (χ4v) is 17.1. The molecule has 0 spiro atoms. The standard InChI is InChI=1S/2C21H25.2C20H15.2C7H8Si.2ClH.2Zr/c2*1-20(2,3)16-7-9-18-14(12-16)11-15-13-17(21(4,5)6)8-10-19(15)18;2*1-14-10-11-19(20-9-5-4-8-18(14)20)17-12-15-6-2-3-7-16(15)13-17;2*1-8-7-5-3-2-4-6-7;;;;/h2*7-13H,1-6H3;2*2-13H,1H3;2*2-6H,1H3;2*1H;;/q4*-1;;;;;2*+2/p-2. The first kappa shape index (κ1) is 79.0. The van der Waals surface area contributed by atoms with Crippen molar-refractivity contribution in [3.8, 4) is 22.3 Å². The second-order valence-corrected chi connectivity index (χ2v) is 45.9. The molecule has 6 heteroatoms. The van der Waals surface area contributed by atoms with E-state index in [9.17, 15) is 0 Å². The average molecular weight is 1560 g/mol. The smallest absolute Gasteiger partial charge is 0.0224 e. The zero-order valence-corrected chi connectivity index (χ0v) is 70.9.